The van der Waals surface area contributed by atoms with E-state index in [0.29, 0.717) is 52.9 Å². The molecule has 2 aromatic heterocycles. The minimum absolute atomic E-state index is 0.00113. The lowest BCUT2D eigenvalue weighted by molar-refractivity contribution is 0.0988. The molecule has 3 aliphatic heterocycles. The highest BCUT2D eigenvalue weighted by Gasteiger charge is 2.46. The zero-order chi connectivity index (χ0) is 25.6. The molecule has 5 heterocycles. The van der Waals surface area contributed by atoms with Crippen molar-refractivity contribution in [2.24, 2.45) is 10.7 Å². The molecular formula is C27H22ClFN4O4. The summed E-state index contributed by atoms with van der Waals surface area (Å²) in [6.45, 7) is 1.23. The molecule has 3 aromatic rings. The number of carbonyl (C=O) groups is 1. The van der Waals surface area contributed by atoms with Gasteiger partial charge < -0.3 is 19.9 Å². The Balaban J connectivity index is 1.46. The topological polar surface area (TPSA) is 109 Å². The second kappa shape index (κ2) is 9.24. The Labute approximate surface area is 216 Å². The van der Waals surface area contributed by atoms with Crippen molar-refractivity contribution in [2.75, 3.05) is 19.8 Å². The van der Waals surface area contributed by atoms with Crippen LogP contribution in [-0.4, -0.2) is 41.6 Å². The molecule has 8 nitrogen and oxygen atoms in total. The molecule has 0 saturated carbocycles. The molecule has 1 aromatic carbocycles. The molecule has 1 spiro atoms. The maximum Gasteiger partial charge on any atom is 0.283 e. The quantitative estimate of drug-likeness (QED) is 0.396. The van der Waals surface area contributed by atoms with E-state index in [1.807, 2.05) is 12.1 Å². The Hall–Kier alpha value is -3.82. The minimum Gasteiger partial charge on any atom is -0.465 e. The Morgan fingerprint density at radius 2 is 2.05 bits per heavy atom. The summed E-state index contributed by atoms with van der Waals surface area (Å²) in [4.78, 5) is 25.9. The first-order valence-corrected chi connectivity index (χ1v) is 12.2. The van der Waals surface area contributed by atoms with E-state index in [4.69, 9.17) is 36.5 Å². The normalized spacial score (nSPS) is 20.2. The third-order valence-electron chi connectivity index (χ3n) is 6.71. The molecule has 0 amide bonds. The van der Waals surface area contributed by atoms with Gasteiger partial charge in [-0.1, -0.05) is 23.7 Å². The monoisotopic (exact) mass is 520 g/mol. The van der Waals surface area contributed by atoms with E-state index in [9.17, 15) is 4.79 Å². The summed E-state index contributed by atoms with van der Waals surface area (Å²) >= 11 is 5.90. The Bertz CT molecular complexity index is 1470. The highest BCUT2D eigenvalue weighted by atomic mass is 35.5. The van der Waals surface area contributed by atoms with E-state index < -0.39 is 11.5 Å². The molecule has 10 heteroatoms. The van der Waals surface area contributed by atoms with Gasteiger partial charge in [0.05, 0.1) is 30.5 Å². The maximum atomic E-state index is 15.4. The van der Waals surface area contributed by atoms with Gasteiger partial charge >= 0.3 is 0 Å². The average Bonchev–Trinajstić information content (AvgIpc) is 2.90. The fourth-order valence-corrected chi connectivity index (χ4v) is 5.06. The number of ketones is 1. The number of amidine groups is 1. The van der Waals surface area contributed by atoms with Gasteiger partial charge in [-0.3, -0.25) is 9.78 Å². The summed E-state index contributed by atoms with van der Waals surface area (Å²) in [5, 5.41) is 0.453. The molecule has 2 N–H and O–H groups in total. The van der Waals surface area contributed by atoms with Crippen LogP contribution in [0.4, 0.5) is 4.39 Å². The van der Waals surface area contributed by atoms with Gasteiger partial charge in [0.1, 0.15) is 17.0 Å². The molecule has 37 heavy (non-hydrogen) atoms. The lowest BCUT2D eigenvalue weighted by Gasteiger charge is -2.39. The predicted molar refractivity (Wildman–Crippen MR) is 134 cm³/mol. The van der Waals surface area contributed by atoms with Gasteiger partial charge in [-0.25, -0.2) is 9.98 Å². The molecular weight excluding hydrogens is 499 g/mol. The molecule has 0 saturated heterocycles. The number of fused-ring (bicyclic) bond motifs is 4. The van der Waals surface area contributed by atoms with E-state index in [-0.39, 0.29) is 30.6 Å². The number of nitrogens with zero attached hydrogens (tertiary/aromatic N) is 3. The first-order chi connectivity index (χ1) is 17.9. The molecule has 0 unspecified atom stereocenters. The van der Waals surface area contributed by atoms with Crippen LogP contribution < -0.4 is 10.5 Å². The number of aromatic nitrogens is 2. The zero-order valence-electron chi connectivity index (χ0n) is 19.7. The van der Waals surface area contributed by atoms with Crippen molar-refractivity contribution in [2.45, 2.75) is 24.8 Å². The Kier molecular flexibility index (Phi) is 5.89. The van der Waals surface area contributed by atoms with E-state index in [1.165, 1.54) is 6.20 Å². The number of carbonyl (C=O) groups excluding carboxylic acids is 1. The fraction of sp³-hybridized carbons (Fsp3) is 0.259. The molecule has 188 valence electrons. The zero-order valence-corrected chi connectivity index (χ0v) is 20.4. The van der Waals surface area contributed by atoms with Crippen LogP contribution >= 0.6 is 11.6 Å². The Morgan fingerprint density at radius 3 is 2.81 bits per heavy atom. The SMILES string of the molecule is NC1=N[C@@]2(CCO1)c1cc(CC(=O)c3ccc(Cl)cn3)ccc1Oc1c2cc(C2=CCCOC2)nc1F. The second-order valence-electron chi connectivity index (χ2n) is 9.05. The van der Waals surface area contributed by atoms with Crippen LogP contribution in [0.15, 0.2) is 53.7 Å². The molecule has 1 atom stereocenters. The number of hydrogen-bond acceptors (Lipinski definition) is 8. The van der Waals surface area contributed by atoms with Crippen LogP contribution in [0.2, 0.25) is 5.02 Å². The van der Waals surface area contributed by atoms with Crippen molar-refractivity contribution >= 4 is 29.0 Å². The Morgan fingerprint density at radius 1 is 1.16 bits per heavy atom. The van der Waals surface area contributed by atoms with Crippen LogP contribution in [0.1, 0.15) is 45.7 Å². The number of ether oxygens (including phenoxy) is 3. The number of benzene rings is 1. The molecule has 0 fully saturated rings. The van der Waals surface area contributed by atoms with Gasteiger partial charge in [0.15, 0.2) is 11.5 Å². The van der Waals surface area contributed by atoms with Crippen molar-refractivity contribution in [3.05, 3.63) is 87.7 Å². The van der Waals surface area contributed by atoms with Gasteiger partial charge in [0, 0.05) is 30.2 Å². The van der Waals surface area contributed by atoms with Crippen LogP contribution in [0, 0.1) is 5.95 Å². The van der Waals surface area contributed by atoms with Crippen molar-refractivity contribution in [1.82, 2.24) is 9.97 Å². The van der Waals surface area contributed by atoms with Gasteiger partial charge in [-0.05, 0) is 47.9 Å². The summed E-state index contributed by atoms with van der Waals surface area (Å²) < 4.78 is 32.4. The highest BCUT2D eigenvalue weighted by molar-refractivity contribution is 6.30. The highest BCUT2D eigenvalue weighted by Crippen LogP contribution is 2.53. The molecule has 3 aliphatic rings. The largest absolute Gasteiger partial charge is 0.465 e. The summed E-state index contributed by atoms with van der Waals surface area (Å²) in [6.07, 6.45) is 4.65. The number of pyridine rings is 2. The average molecular weight is 521 g/mol. The lowest BCUT2D eigenvalue weighted by atomic mass is 9.77. The number of hydrogen-bond donors (Lipinski definition) is 1. The first kappa shape index (κ1) is 23.6. The van der Waals surface area contributed by atoms with Crippen molar-refractivity contribution in [1.29, 1.82) is 0 Å². The van der Waals surface area contributed by atoms with Crippen LogP contribution in [-0.2, 0) is 21.4 Å². The number of halogens is 2. The second-order valence-corrected chi connectivity index (χ2v) is 9.49. The van der Waals surface area contributed by atoms with Crippen LogP contribution in [0.25, 0.3) is 5.57 Å². The van der Waals surface area contributed by atoms with E-state index in [0.717, 1.165) is 17.6 Å². The van der Waals surface area contributed by atoms with Gasteiger partial charge in [0.25, 0.3) is 12.0 Å². The standard InChI is InChI=1S/C27H22ClFN4O4/c28-17-4-5-20(31-13-17)22(34)11-15-3-6-23-18(10-15)27(7-9-36-26(30)33-27)19-12-21(16-2-1-8-35-14-16)32-25(29)24(19)37-23/h2-6,10,12-13H,1,7-9,11,14H2,(H2,30,33)/t27-/m0/s1. The van der Waals surface area contributed by atoms with E-state index in [2.05, 4.69) is 9.97 Å². The van der Waals surface area contributed by atoms with E-state index in [1.54, 1.807) is 30.3 Å². The number of nitrogens with two attached hydrogens (primary N) is 1. The molecule has 6 rings (SSSR count). The molecule has 0 bridgehead atoms. The van der Waals surface area contributed by atoms with Gasteiger partial charge in [-0.15, -0.1) is 0 Å². The van der Waals surface area contributed by atoms with Crippen LogP contribution in [0.3, 0.4) is 0 Å². The smallest absolute Gasteiger partial charge is 0.283 e. The van der Waals surface area contributed by atoms with Crippen molar-refractivity contribution in [3.63, 3.8) is 0 Å². The molecule has 0 radical (unpaired) electrons. The minimum atomic E-state index is -1.07. The number of rotatable bonds is 4. The van der Waals surface area contributed by atoms with Gasteiger partial charge in [-0.2, -0.15) is 4.39 Å². The number of aliphatic imine (C=N–C) groups is 1. The summed E-state index contributed by atoms with van der Waals surface area (Å²) in [5.41, 5.74) is 8.46. The van der Waals surface area contributed by atoms with Gasteiger partial charge in [0.2, 0.25) is 0 Å². The number of Topliss-reactive ketones (excluding diaryl/α,β-unsaturated/α-hetero) is 1. The fourth-order valence-electron chi connectivity index (χ4n) is 4.95. The molecule has 0 aliphatic carbocycles. The lowest BCUT2D eigenvalue weighted by Crippen LogP contribution is -2.39. The summed E-state index contributed by atoms with van der Waals surface area (Å²) in [6, 6.07) is 10.3. The van der Waals surface area contributed by atoms with Crippen molar-refractivity contribution < 1.29 is 23.4 Å². The summed E-state index contributed by atoms with van der Waals surface area (Å²) in [5.74, 6) is -0.487. The van der Waals surface area contributed by atoms with E-state index >= 15 is 4.39 Å². The maximum absolute atomic E-state index is 15.4. The third kappa shape index (κ3) is 4.24. The summed E-state index contributed by atoms with van der Waals surface area (Å²) in [7, 11) is 0. The third-order valence-corrected chi connectivity index (χ3v) is 6.93. The van der Waals surface area contributed by atoms with Crippen LogP contribution in [0.5, 0.6) is 11.5 Å². The predicted octanol–water partition coefficient (Wildman–Crippen LogP) is 4.58. The van der Waals surface area contributed by atoms with Crippen molar-refractivity contribution in [3.8, 4) is 11.5 Å². The first-order valence-electron chi connectivity index (χ1n) is 11.9.